The molecule has 2 amide bonds. The quantitative estimate of drug-likeness (QED) is 0.419. The van der Waals surface area contributed by atoms with Crippen molar-refractivity contribution in [1.29, 1.82) is 0 Å². The zero-order chi connectivity index (χ0) is 19.1. The monoisotopic (exact) mass is 352 g/mol. The van der Waals surface area contributed by atoms with Gasteiger partial charge >= 0.3 is 0 Å². The lowest BCUT2D eigenvalue weighted by Crippen LogP contribution is -2.26. The van der Waals surface area contributed by atoms with Crippen molar-refractivity contribution in [3.05, 3.63) is 71.3 Å². The molecule has 0 saturated carbocycles. The molecule has 0 spiro atoms. The predicted octanol–water partition coefficient (Wildman–Crippen LogP) is 3.89. The number of hydrogen-bond donors (Lipinski definition) is 3. The number of amides is 2. The summed E-state index contributed by atoms with van der Waals surface area (Å²) in [5.74, 6) is -0.888. The molecule has 2 rings (SSSR count). The second-order valence-corrected chi connectivity index (χ2v) is 6.46. The van der Waals surface area contributed by atoms with Gasteiger partial charge in [0, 0.05) is 11.8 Å². The van der Waals surface area contributed by atoms with E-state index in [1.807, 2.05) is 57.2 Å². The Labute approximate surface area is 153 Å². The fourth-order valence-corrected chi connectivity index (χ4v) is 2.91. The summed E-state index contributed by atoms with van der Waals surface area (Å²) in [4.78, 5) is 24.2. The second-order valence-electron chi connectivity index (χ2n) is 6.46. The first-order valence-corrected chi connectivity index (χ1v) is 8.51. The molecule has 0 bridgehead atoms. The van der Waals surface area contributed by atoms with Gasteiger partial charge in [-0.25, -0.2) is 5.48 Å². The third kappa shape index (κ3) is 4.80. The van der Waals surface area contributed by atoms with Crippen LogP contribution in [0.4, 0.5) is 5.69 Å². The van der Waals surface area contributed by atoms with Crippen LogP contribution in [0.15, 0.2) is 54.6 Å². The lowest BCUT2D eigenvalue weighted by Gasteiger charge is -2.23. The smallest absolute Gasteiger partial charge is 0.267 e. The molecule has 136 valence electrons. The Balaban J connectivity index is 2.29. The number of para-hydroxylation sites is 1. The highest BCUT2D eigenvalue weighted by Gasteiger charge is 2.25. The number of hydrogen-bond acceptors (Lipinski definition) is 3. The predicted molar refractivity (Wildman–Crippen MR) is 103 cm³/mol. The van der Waals surface area contributed by atoms with E-state index in [-0.39, 0.29) is 17.7 Å². The Hall–Kier alpha value is -2.92. The molecule has 0 aliphatic rings. The first-order valence-electron chi connectivity index (χ1n) is 8.51. The lowest BCUT2D eigenvalue weighted by atomic mass is 9.85. The third-order valence-corrected chi connectivity index (χ3v) is 4.22. The van der Waals surface area contributed by atoms with Crippen molar-refractivity contribution < 1.29 is 14.8 Å². The minimum atomic E-state index is -0.633. The van der Waals surface area contributed by atoms with E-state index >= 15 is 0 Å². The van der Waals surface area contributed by atoms with Crippen molar-refractivity contribution >= 4 is 23.6 Å². The summed E-state index contributed by atoms with van der Waals surface area (Å²) in [7, 11) is 0. The summed E-state index contributed by atoms with van der Waals surface area (Å²) in [6.45, 7) is 6.05. The summed E-state index contributed by atoms with van der Waals surface area (Å²) >= 11 is 0. The normalized spacial score (nSPS) is 12.2. The van der Waals surface area contributed by atoms with E-state index in [9.17, 15) is 9.59 Å². The molecule has 0 saturated heterocycles. The summed E-state index contributed by atoms with van der Waals surface area (Å²) < 4.78 is 0. The number of anilines is 1. The molecule has 0 aromatic heterocycles. The average Bonchev–Trinajstić information content (AvgIpc) is 2.62. The Morgan fingerprint density at radius 1 is 1.04 bits per heavy atom. The topological polar surface area (TPSA) is 78.4 Å². The molecule has 0 heterocycles. The largest absolute Gasteiger partial charge is 0.325 e. The van der Waals surface area contributed by atoms with E-state index in [1.165, 1.54) is 6.08 Å². The Morgan fingerprint density at radius 2 is 1.69 bits per heavy atom. The highest BCUT2D eigenvalue weighted by molar-refractivity contribution is 5.99. The van der Waals surface area contributed by atoms with Crippen molar-refractivity contribution in [3.63, 3.8) is 0 Å². The SMILES string of the molecule is Cc1ccccc1C(C(=O)Nc1ccccc1/C=C/C(=O)NO)C(C)C. The van der Waals surface area contributed by atoms with Crippen LogP contribution in [-0.2, 0) is 9.59 Å². The highest BCUT2D eigenvalue weighted by Crippen LogP contribution is 2.29. The molecule has 0 radical (unpaired) electrons. The number of hydroxylamine groups is 1. The zero-order valence-corrected chi connectivity index (χ0v) is 15.2. The van der Waals surface area contributed by atoms with E-state index in [1.54, 1.807) is 23.7 Å². The van der Waals surface area contributed by atoms with Gasteiger partial charge in [-0.3, -0.25) is 14.8 Å². The molecule has 5 heteroatoms. The van der Waals surface area contributed by atoms with Crippen molar-refractivity contribution in [2.24, 2.45) is 5.92 Å². The average molecular weight is 352 g/mol. The molecule has 3 N–H and O–H groups in total. The van der Waals surface area contributed by atoms with Crippen molar-refractivity contribution in [1.82, 2.24) is 5.48 Å². The first kappa shape index (κ1) is 19.4. The van der Waals surface area contributed by atoms with Gasteiger partial charge in [0.1, 0.15) is 0 Å². The van der Waals surface area contributed by atoms with Gasteiger partial charge in [-0.05, 0) is 41.7 Å². The molecular formula is C21H24N2O3. The zero-order valence-electron chi connectivity index (χ0n) is 15.2. The minimum absolute atomic E-state index is 0.0956. The number of aryl methyl sites for hydroxylation is 1. The molecule has 0 aliphatic carbocycles. The van der Waals surface area contributed by atoms with E-state index in [0.29, 0.717) is 11.3 Å². The van der Waals surface area contributed by atoms with E-state index in [4.69, 9.17) is 5.21 Å². The number of benzene rings is 2. The van der Waals surface area contributed by atoms with Gasteiger partial charge in [0.25, 0.3) is 5.91 Å². The van der Waals surface area contributed by atoms with Crippen LogP contribution in [0.2, 0.25) is 0 Å². The number of nitrogens with one attached hydrogen (secondary N) is 2. The van der Waals surface area contributed by atoms with Crippen molar-refractivity contribution in [2.75, 3.05) is 5.32 Å². The Morgan fingerprint density at radius 3 is 2.35 bits per heavy atom. The van der Waals surface area contributed by atoms with E-state index in [2.05, 4.69) is 5.32 Å². The summed E-state index contributed by atoms with van der Waals surface area (Å²) in [5.41, 5.74) is 4.92. The fraction of sp³-hybridized carbons (Fsp3) is 0.238. The molecule has 0 fully saturated rings. The molecule has 1 unspecified atom stereocenters. The molecule has 5 nitrogen and oxygen atoms in total. The van der Waals surface area contributed by atoms with Crippen molar-refractivity contribution in [2.45, 2.75) is 26.7 Å². The summed E-state index contributed by atoms with van der Waals surface area (Å²) in [6, 6.07) is 15.1. The first-order chi connectivity index (χ1) is 12.4. The van der Waals surface area contributed by atoms with E-state index in [0.717, 1.165) is 11.1 Å². The maximum absolute atomic E-state index is 13.0. The van der Waals surface area contributed by atoms with Gasteiger partial charge in [0.05, 0.1) is 5.92 Å². The lowest BCUT2D eigenvalue weighted by molar-refractivity contribution is -0.124. The molecule has 0 aliphatic heterocycles. The maximum atomic E-state index is 13.0. The van der Waals surface area contributed by atoms with Crippen LogP contribution >= 0.6 is 0 Å². The van der Waals surface area contributed by atoms with Gasteiger partial charge in [0.2, 0.25) is 5.91 Å². The van der Waals surface area contributed by atoms with Crippen LogP contribution in [0.1, 0.15) is 36.5 Å². The Kier molecular flexibility index (Phi) is 6.69. The van der Waals surface area contributed by atoms with Crippen LogP contribution < -0.4 is 10.8 Å². The Bertz CT molecular complexity index is 812. The van der Waals surface area contributed by atoms with Gasteiger partial charge in [-0.1, -0.05) is 56.3 Å². The van der Waals surface area contributed by atoms with Gasteiger partial charge in [-0.15, -0.1) is 0 Å². The van der Waals surface area contributed by atoms with Gasteiger partial charge in [0.15, 0.2) is 0 Å². The van der Waals surface area contributed by atoms with Crippen molar-refractivity contribution in [3.8, 4) is 0 Å². The fourth-order valence-electron chi connectivity index (χ4n) is 2.91. The summed E-state index contributed by atoms with van der Waals surface area (Å²) in [6.07, 6.45) is 2.74. The van der Waals surface area contributed by atoms with E-state index < -0.39 is 5.91 Å². The van der Waals surface area contributed by atoms with Crippen LogP contribution in [0.5, 0.6) is 0 Å². The maximum Gasteiger partial charge on any atom is 0.267 e. The minimum Gasteiger partial charge on any atom is -0.325 e. The molecule has 1 atom stereocenters. The number of carbonyl (C=O) groups excluding carboxylic acids is 2. The standard InChI is InChI=1S/C21H24N2O3/c1-14(2)20(17-10-6-4-8-15(17)3)21(25)22-18-11-7-5-9-16(18)12-13-19(24)23-26/h4-14,20,26H,1-3H3,(H,22,25)(H,23,24)/b13-12+. The van der Waals surface area contributed by atoms with Crippen LogP contribution in [0, 0.1) is 12.8 Å². The summed E-state index contributed by atoms with van der Waals surface area (Å²) in [5, 5.41) is 11.6. The molecule has 2 aromatic carbocycles. The van der Waals surface area contributed by atoms with Crippen LogP contribution in [0.3, 0.4) is 0 Å². The molecular weight excluding hydrogens is 328 g/mol. The van der Waals surface area contributed by atoms with Crippen LogP contribution in [-0.4, -0.2) is 17.0 Å². The highest BCUT2D eigenvalue weighted by atomic mass is 16.5. The molecule has 2 aromatic rings. The van der Waals surface area contributed by atoms with Crippen LogP contribution in [0.25, 0.3) is 6.08 Å². The van der Waals surface area contributed by atoms with Gasteiger partial charge < -0.3 is 5.32 Å². The third-order valence-electron chi connectivity index (χ3n) is 4.22. The molecule has 26 heavy (non-hydrogen) atoms. The van der Waals surface area contributed by atoms with Gasteiger partial charge in [-0.2, -0.15) is 0 Å². The number of carbonyl (C=O) groups is 2. The number of rotatable bonds is 6. The second kappa shape index (κ2) is 8.97.